The van der Waals surface area contributed by atoms with Gasteiger partial charge in [0, 0.05) is 43.4 Å². The Morgan fingerprint density at radius 2 is 2.05 bits per heavy atom. The number of hydrogen-bond acceptors (Lipinski definition) is 9. The van der Waals surface area contributed by atoms with Crippen molar-refractivity contribution in [1.29, 1.82) is 0 Å². The predicted octanol–water partition coefficient (Wildman–Crippen LogP) is 4.05. The van der Waals surface area contributed by atoms with E-state index in [4.69, 9.17) is 14.5 Å². The van der Waals surface area contributed by atoms with Gasteiger partial charge in [0.25, 0.3) is 5.69 Å². The first-order valence-electron chi connectivity index (χ1n) is 13.5. The molecule has 204 valence electrons. The number of nitrogens with one attached hydrogen (secondary N) is 1. The lowest BCUT2D eigenvalue weighted by Crippen LogP contribution is -2.38. The normalized spacial score (nSPS) is 19.4. The summed E-state index contributed by atoms with van der Waals surface area (Å²) in [7, 11) is 0. The van der Waals surface area contributed by atoms with E-state index in [1.165, 1.54) is 12.4 Å². The second-order valence-corrected chi connectivity index (χ2v) is 9.78. The van der Waals surface area contributed by atoms with Crippen LogP contribution in [0.5, 0.6) is 5.75 Å². The first-order valence-corrected chi connectivity index (χ1v) is 13.5. The largest absolute Gasteiger partial charge is 0.493 e. The van der Waals surface area contributed by atoms with E-state index in [1.807, 2.05) is 31.2 Å². The molecule has 1 unspecified atom stereocenters. The molecule has 3 aromatic rings. The van der Waals surface area contributed by atoms with Gasteiger partial charge in [0.05, 0.1) is 35.8 Å². The Morgan fingerprint density at radius 3 is 2.87 bits per heavy atom. The van der Waals surface area contributed by atoms with Crippen LogP contribution < -0.4 is 10.1 Å². The molecule has 10 heteroatoms. The minimum Gasteiger partial charge on any atom is -0.493 e. The van der Waals surface area contributed by atoms with E-state index < -0.39 is 5.66 Å². The molecule has 10 nitrogen and oxygen atoms in total. The third kappa shape index (κ3) is 6.30. The van der Waals surface area contributed by atoms with Gasteiger partial charge in [-0.2, -0.15) is 0 Å². The number of allylic oxidation sites excluding steroid dienone is 1. The second-order valence-electron chi connectivity index (χ2n) is 9.78. The van der Waals surface area contributed by atoms with E-state index in [1.54, 1.807) is 18.5 Å². The number of nitrogens with zero attached hydrogens (tertiary/aromatic N) is 5. The van der Waals surface area contributed by atoms with Crippen molar-refractivity contribution in [2.75, 3.05) is 46.0 Å². The molecule has 1 N–H and O–H groups in total. The highest BCUT2D eigenvalue weighted by Gasteiger charge is 2.38. The van der Waals surface area contributed by atoms with Crippen LogP contribution in [-0.4, -0.2) is 72.0 Å². The van der Waals surface area contributed by atoms with Crippen molar-refractivity contribution < 1.29 is 14.4 Å². The molecule has 2 aromatic carbocycles. The smallest absolute Gasteiger partial charge is 0.277 e. The lowest BCUT2D eigenvalue weighted by Gasteiger charge is -2.26. The van der Waals surface area contributed by atoms with Crippen LogP contribution in [-0.2, 0) is 16.8 Å². The van der Waals surface area contributed by atoms with Crippen molar-refractivity contribution in [2.24, 2.45) is 4.99 Å². The van der Waals surface area contributed by atoms with Gasteiger partial charge in [-0.25, -0.2) is 9.97 Å². The molecular weight excluding hydrogens is 496 g/mol. The third-order valence-electron chi connectivity index (χ3n) is 7.10. The van der Waals surface area contributed by atoms with Crippen molar-refractivity contribution in [3.63, 3.8) is 0 Å². The van der Waals surface area contributed by atoms with Crippen LogP contribution in [0, 0.1) is 10.1 Å². The lowest BCUT2D eigenvalue weighted by atomic mass is 9.94. The Kier molecular flexibility index (Phi) is 8.55. The lowest BCUT2D eigenvalue weighted by molar-refractivity contribution is -0.385. The second kappa shape index (κ2) is 12.4. The van der Waals surface area contributed by atoms with Crippen molar-refractivity contribution in [2.45, 2.75) is 31.8 Å². The van der Waals surface area contributed by atoms with Crippen molar-refractivity contribution in [1.82, 2.24) is 20.2 Å². The van der Waals surface area contributed by atoms with Gasteiger partial charge in [-0.3, -0.25) is 25.3 Å². The average Bonchev–Trinajstić information content (AvgIpc) is 3.37. The molecule has 0 bridgehead atoms. The van der Waals surface area contributed by atoms with Gasteiger partial charge in [-0.15, -0.1) is 0 Å². The Balaban J connectivity index is 1.31. The summed E-state index contributed by atoms with van der Waals surface area (Å²) in [6.07, 6.45) is 9.47. The fraction of sp³-hybridized carbons (Fsp3) is 0.414. The molecule has 0 radical (unpaired) electrons. The first-order chi connectivity index (χ1) is 19.1. The van der Waals surface area contributed by atoms with E-state index in [2.05, 4.69) is 26.3 Å². The van der Waals surface area contributed by atoms with Crippen LogP contribution in [0.1, 0.15) is 30.9 Å². The maximum absolute atomic E-state index is 12.1. The van der Waals surface area contributed by atoms with Gasteiger partial charge in [-0.05, 0) is 55.3 Å². The topological polar surface area (TPSA) is 115 Å². The molecule has 0 aliphatic carbocycles. The molecule has 2 aliphatic heterocycles. The summed E-state index contributed by atoms with van der Waals surface area (Å²) in [5.41, 5.74) is 2.02. The molecule has 5 rings (SSSR count). The maximum Gasteiger partial charge on any atom is 0.277 e. The van der Waals surface area contributed by atoms with Gasteiger partial charge in [0.1, 0.15) is 12.1 Å². The number of fused-ring (bicyclic) bond motifs is 1. The number of para-hydroxylation sites is 1. The van der Waals surface area contributed by atoms with Gasteiger partial charge in [0.15, 0.2) is 5.66 Å². The number of unbranched alkanes of at least 4 members (excludes halogenated alkanes) is 1. The van der Waals surface area contributed by atoms with Gasteiger partial charge in [0.2, 0.25) is 0 Å². The quantitative estimate of drug-likeness (QED) is 0.212. The summed E-state index contributed by atoms with van der Waals surface area (Å²) in [5.74, 6) is 0.854. The molecule has 1 aromatic heterocycles. The Hall–Kier alpha value is -3.73. The van der Waals surface area contributed by atoms with Gasteiger partial charge < -0.3 is 9.47 Å². The number of nitro benzene ring substituents is 1. The molecule has 0 spiro atoms. The number of aromatic nitrogens is 2. The molecule has 1 saturated heterocycles. The summed E-state index contributed by atoms with van der Waals surface area (Å²) in [4.78, 5) is 27.2. The molecule has 2 aliphatic rings. The number of morpholine rings is 1. The first kappa shape index (κ1) is 26.9. The zero-order valence-corrected chi connectivity index (χ0v) is 22.2. The summed E-state index contributed by atoms with van der Waals surface area (Å²) in [6, 6.07) is 11.3. The van der Waals surface area contributed by atoms with E-state index in [0.29, 0.717) is 36.0 Å². The standard InChI is InChI=1S/C29H34N6O4/c1-2-32-29(25-17-26-24(20-30-21-31-26)16-27(25)35(36)37)18-22(19-33-29)15-23-7-3-4-8-28(23)39-12-6-5-9-34-10-13-38-14-11-34/h3-4,7-8,16-21,32H,2,5-6,9-15H2,1H3. The summed E-state index contributed by atoms with van der Waals surface area (Å²) < 4.78 is 11.6. The zero-order valence-electron chi connectivity index (χ0n) is 22.2. The SMILES string of the molecule is CCNC1(c2cc3ncncc3cc2[N+](=O)[O-])C=C(Cc2ccccc2OCCCCN2CCOCC2)C=N1. The number of likely N-dealkylation sites (N-methyl/N-ethyl adjacent to an activating group) is 1. The van der Waals surface area contributed by atoms with Crippen LogP contribution >= 0.6 is 0 Å². The molecule has 0 saturated carbocycles. The van der Waals surface area contributed by atoms with Crippen LogP contribution in [0.4, 0.5) is 5.69 Å². The highest BCUT2D eigenvalue weighted by Crippen LogP contribution is 2.38. The molecule has 3 heterocycles. The number of ether oxygens (including phenoxy) is 2. The van der Waals surface area contributed by atoms with E-state index in [9.17, 15) is 10.1 Å². The number of rotatable bonds is 12. The van der Waals surface area contributed by atoms with E-state index in [0.717, 1.165) is 62.6 Å². The molecule has 1 atom stereocenters. The Bertz CT molecular complexity index is 1370. The van der Waals surface area contributed by atoms with Crippen LogP contribution in [0.15, 0.2) is 65.6 Å². The fourth-order valence-corrected chi connectivity index (χ4v) is 5.16. The van der Waals surface area contributed by atoms with Crippen LogP contribution in [0.2, 0.25) is 0 Å². The van der Waals surface area contributed by atoms with Crippen LogP contribution in [0.3, 0.4) is 0 Å². The molecule has 1 fully saturated rings. The molecule has 39 heavy (non-hydrogen) atoms. The van der Waals surface area contributed by atoms with Gasteiger partial charge >= 0.3 is 0 Å². The number of hydrogen-bond donors (Lipinski definition) is 1. The minimum absolute atomic E-state index is 0.0197. The predicted molar refractivity (Wildman–Crippen MR) is 150 cm³/mol. The van der Waals surface area contributed by atoms with Crippen molar-refractivity contribution in [3.8, 4) is 5.75 Å². The Labute approximate surface area is 227 Å². The van der Waals surface area contributed by atoms with Crippen LogP contribution in [0.25, 0.3) is 10.9 Å². The minimum atomic E-state index is -1.05. The third-order valence-corrected chi connectivity index (χ3v) is 7.10. The fourth-order valence-electron chi connectivity index (χ4n) is 5.16. The molecular formula is C29H34N6O4. The number of nitro groups is 1. The van der Waals surface area contributed by atoms with Gasteiger partial charge in [-0.1, -0.05) is 25.1 Å². The Morgan fingerprint density at radius 1 is 1.21 bits per heavy atom. The highest BCUT2D eigenvalue weighted by atomic mass is 16.6. The van der Waals surface area contributed by atoms with Crippen molar-refractivity contribution >= 4 is 22.8 Å². The maximum atomic E-state index is 12.1. The summed E-state index contributed by atoms with van der Waals surface area (Å²) in [5, 5.41) is 16.0. The average molecular weight is 531 g/mol. The molecule has 0 amide bonds. The summed E-state index contributed by atoms with van der Waals surface area (Å²) in [6.45, 7) is 7.90. The van der Waals surface area contributed by atoms with E-state index in [-0.39, 0.29) is 10.6 Å². The zero-order chi connectivity index (χ0) is 27.1. The highest BCUT2D eigenvalue weighted by molar-refractivity contribution is 5.86. The summed E-state index contributed by atoms with van der Waals surface area (Å²) >= 11 is 0. The number of aliphatic imine (C=N–C) groups is 1. The number of benzene rings is 2. The van der Waals surface area contributed by atoms with Crippen molar-refractivity contribution in [3.05, 3.63) is 81.8 Å². The monoisotopic (exact) mass is 530 g/mol. The van der Waals surface area contributed by atoms with E-state index >= 15 is 0 Å².